The summed E-state index contributed by atoms with van der Waals surface area (Å²) in [6, 6.07) is 30.3. The lowest BCUT2D eigenvalue weighted by Gasteiger charge is -2.43. The lowest BCUT2D eigenvalue weighted by Crippen LogP contribution is -2.62. The van der Waals surface area contributed by atoms with Crippen LogP contribution < -0.4 is 20.8 Å². The minimum Gasteiger partial charge on any atom is -0.316 e. The molecule has 6 rings (SSSR count). The van der Waals surface area contributed by atoms with Crippen LogP contribution in [0, 0.1) is 5.92 Å². The van der Waals surface area contributed by atoms with E-state index in [2.05, 4.69) is 52.2 Å². The van der Waals surface area contributed by atoms with Crippen LogP contribution in [0.4, 0.5) is 16.2 Å². The molecular weight excluding hydrogens is 400 g/mol. The Labute approximate surface area is 187 Å². The van der Waals surface area contributed by atoms with Crippen LogP contribution in [0.15, 0.2) is 91.0 Å². The lowest BCUT2D eigenvalue weighted by molar-refractivity contribution is 0.00991. The fraction of sp³-hybridized carbons (Fsp3) is 0.269. The van der Waals surface area contributed by atoms with E-state index in [0.717, 1.165) is 30.6 Å². The normalized spacial score (nSPS) is 29.2. The number of nitrogens with one attached hydrogen (secondary N) is 2. The van der Waals surface area contributed by atoms with Gasteiger partial charge in [0.15, 0.2) is 0 Å². The van der Waals surface area contributed by atoms with E-state index < -0.39 is 5.66 Å². The first-order chi connectivity index (χ1) is 15.8. The number of hydrazine groups is 1. The Kier molecular flexibility index (Phi) is 4.63. The van der Waals surface area contributed by atoms with Crippen molar-refractivity contribution < 1.29 is 9.63 Å². The molecule has 0 bridgehead atoms. The van der Waals surface area contributed by atoms with Crippen molar-refractivity contribution in [1.29, 1.82) is 0 Å². The number of urea groups is 1. The lowest BCUT2D eigenvalue weighted by atomic mass is 9.72. The average Bonchev–Trinajstić information content (AvgIpc) is 3.40. The molecule has 1 spiro atoms. The zero-order chi connectivity index (χ0) is 21.5. The molecule has 3 fully saturated rings. The van der Waals surface area contributed by atoms with Crippen LogP contribution in [0.5, 0.6) is 0 Å². The molecule has 1 saturated carbocycles. The Hall–Kier alpha value is -3.35. The summed E-state index contributed by atoms with van der Waals surface area (Å²) in [5.74, 6) is 0.0384. The highest BCUT2D eigenvalue weighted by atomic mass is 16.7. The van der Waals surface area contributed by atoms with Gasteiger partial charge in [0.05, 0.1) is 29.4 Å². The summed E-state index contributed by atoms with van der Waals surface area (Å²) in [5.41, 5.74) is 6.03. The Morgan fingerprint density at radius 3 is 2.16 bits per heavy atom. The Morgan fingerprint density at radius 2 is 1.47 bits per heavy atom. The van der Waals surface area contributed by atoms with Gasteiger partial charge in [0.1, 0.15) is 5.66 Å². The topological polar surface area (TPSA) is 56.8 Å². The van der Waals surface area contributed by atoms with Crippen molar-refractivity contribution in [3.8, 4) is 0 Å². The monoisotopic (exact) mass is 426 g/mol. The maximum Gasteiger partial charge on any atom is 0.338 e. The quantitative estimate of drug-likeness (QED) is 0.633. The standard InChI is InChI=1S/C26H26N4O2/c31-25-27-26(28-29(25)20-13-6-2-7-14-20)18-10-17-22-23(26)24(19-11-4-1-5-12-19)30(32-22)21-15-8-3-9-16-21/h1-9,11-16,22-24,28H,10,17-18H2,(H,27,31)/t22-,23+,24+,26+/m1/s1. The fourth-order valence-corrected chi connectivity index (χ4v) is 5.54. The average molecular weight is 427 g/mol. The molecule has 2 saturated heterocycles. The highest BCUT2D eigenvalue weighted by Gasteiger charge is 2.61. The highest BCUT2D eigenvalue weighted by molar-refractivity contribution is 5.94. The fourth-order valence-electron chi connectivity index (χ4n) is 5.54. The van der Waals surface area contributed by atoms with Crippen LogP contribution >= 0.6 is 0 Å². The third-order valence-corrected chi connectivity index (χ3v) is 6.88. The first-order valence-electron chi connectivity index (χ1n) is 11.3. The second kappa shape index (κ2) is 7.65. The predicted molar refractivity (Wildman–Crippen MR) is 124 cm³/mol. The smallest absolute Gasteiger partial charge is 0.316 e. The number of benzene rings is 3. The number of hydrogen-bond acceptors (Lipinski definition) is 4. The molecule has 2 amide bonds. The van der Waals surface area contributed by atoms with Crippen molar-refractivity contribution >= 4 is 17.4 Å². The van der Waals surface area contributed by atoms with Crippen LogP contribution in [-0.4, -0.2) is 17.8 Å². The molecule has 1 aliphatic carbocycles. The van der Waals surface area contributed by atoms with Gasteiger partial charge in [-0.25, -0.2) is 14.9 Å². The van der Waals surface area contributed by atoms with E-state index in [9.17, 15) is 4.79 Å². The second-order valence-corrected chi connectivity index (χ2v) is 8.76. The zero-order valence-corrected chi connectivity index (χ0v) is 17.7. The number of anilines is 2. The summed E-state index contributed by atoms with van der Waals surface area (Å²) >= 11 is 0. The summed E-state index contributed by atoms with van der Waals surface area (Å²) in [6.45, 7) is 0. The van der Waals surface area contributed by atoms with E-state index in [1.54, 1.807) is 5.01 Å². The summed E-state index contributed by atoms with van der Waals surface area (Å²) < 4.78 is 0. The molecule has 0 unspecified atom stereocenters. The SMILES string of the molecule is O=C1N[C@@]2(CCC[C@H]3ON(c4ccccc4)[C@@H](c4ccccc4)[C@H]32)NN1c1ccccc1. The van der Waals surface area contributed by atoms with E-state index in [-0.39, 0.29) is 24.1 Å². The highest BCUT2D eigenvalue weighted by Crippen LogP contribution is 2.52. The Bertz CT molecular complexity index is 1090. The first-order valence-corrected chi connectivity index (χ1v) is 11.3. The minimum atomic E-state index is -0.583. The number of carbonyl (C=O) groups is 1. The number of carbonyl (C=O) groups excluding carboxylic acids is 1. The van der Waals surface area contributed by atoms with Gasteiger partial charge in [-0.1, -0.05) is 66.7 Å². The van der Waals surface area contributed by atoms with Crippen molar-refractivity contribution in [3.05, 3.63) is 96.6 Å². The van der Waals surface area contributed by atoms with Crippen molar-refractivity contribution in [3.63, 3.8) is 0 Å². The molecule has 0 aromatic heterocycles. The van der Waals surface area contributed by atoms with E-state index >= 15 is 0 Å². The molecule has 2 N–H and O–H groups in total. The maximum absolute atomic E-state index is 13.1. The molecule has 2 heterocycles. The number of hydrogen-bond donors (Lipinski definition) is 2. The van der Waals surface area contributed by atoms with E-state index in [1.165, 1.54) is 5.56 Å². The van der Waals surface area contributed by atoms with E-state index in [4.69, 9.17) is 4.84 Å². The minimum absolute atomic E-state index is 0.00214. The molecule has 3 aromatic rings. The van der Waals surface area contributed by atoms with Crippen LogP contribution in [0.25, 0.3) is 0 Å². The third kappa shape index (κ3) is 3.06. The summed E-state index contributed by atoms with van der Waals surface area (Å²) in [6.07, 6.45) is 2.78. The molecule has 162 valence electrons. The van der Waals surface area contributed by atoms with Gasteiger partial charge in [-0.15, -0.1) is 0 Å². The van der Waals surface area contributed by atoms with Crippen molar-refractivity contribution in [2.75, 3.05) is 10.1 Å². The number of nitrogens with zero attached hydrogens (tertiary/aromatic N) is 2. The van der Waals surface area contributed by atoms with Gasteiger partial charge in [-0.2, -0.15) is 5.43 Å². The third-order valence-electron chi connectivity index (χ3n) is 6.88. The van der Waals surface area contributed by atoms with E-state index in [1.807, 2.05) is 54.6 Å². The number of para-hydroxylation sites is 2. The number of hydroxylamine groups is 1. The predicted octanol–water partition coefficient (Wildman–Crippen LogP) is 4.78. The van der Waals surface area contributed by atoms with Gasteiger partial charge < -0.3 is 5.32 Å². The van der Waals surface area contributed by atoms with Crippen LogP contribution in [0.3, 0.4) is 0 Å². The summed E-state index contributed by atoms with van der Waals surface area (Å²) in [7, 11) is 0. The maximum atomic E-state index is 13.1. The van der Waals surface area contributed by atoms with Crippen LogP contribution in [0.2, 0.25) is 0 Å². The molecule has 2 aliphatic heterocycles. The molecular formula is C26H26N4O2. The largest absolute Gasteiger partial charge is 0.338 e. The van der Waals surface area contributed by atoms with Gasteiger partial charge in [0, 0.05) is 0 Å². The van der Waals surface area contributed by atoms with Crippen LogP contribution in [0.1, 0.15) is 30.9 Å². The molecule has 0 radical (unpaired) electrons. The Morgan fingerprint density at radius 1 is 0.844 bits per heavy atom. The number of fused-ring (bicyclic) bond motifs is 2. The molecule has 3 aromatic carbocycles. The van der Waals surface area contributed by atoms with E-state index in [0.29, 0.717) is 0 Å². The summed E-state index contributed by atoms with van der Waals surface area (Å²) in [5, 5.41) is 7.03. The molecule has 6 nitrogen and oxygen atoms in total. The van der Waals surface area contributed by atoms with Crippen molar-refractivity contribution in [2.24, 2.45) is 5.92 Å². The van der Waals surface area contributed by atoms with Gasteiger partial charge in [-0.05, 0) is 49.1 Å². The Balaban J connectivity index is 1.43. The second-order valence-electron chi connectivity index (χ2n) is 8.76. The van der Waals surface area contributed by atoms with Gasteiger partial charge >= 0.3 is 6.03 Å². The van der Waals surface area contributed by atoms with Crippen molar-refractivity contribution in [2.45, 2.75) is 37.1 Å². The van der Waals surface area contributed by atoms with Crippen LogP contribution in [-0.2, 0) is 4.84 Å². The van der Waals surface area contributed by atoms with Gasteiger partial charge in [-0.3, -0.25) is 4.84 Å². The molecule has 3 aliphatic rings. The zero-order valence-electron chi connectivity index (χ0n) is 17.7. The van der Waals surface area contributed by atoms with Crippen molar-refractivity contribution in [1.82, 2.24) is 10.7 Å². The number of rotatable bonds is 3. The molecule has 4 atom stereocenters. The first kappa shape index (κ1) is 19.3. The molecule has 32 heavy (non-hydrogen) atoms. The van der Waals surface area contributed by atoms with Gasteiger partial charge in [0.2, 0.25) is 0 Å². The summed E-state index contributed by atoms with van der Waals surface area (Å²) in [4.78, 5) is 19.7. The van der Waals surface area contributed by atoms with Gasteiger partial charge in [0.25, 0.3) is 0 Å². The number of amides is 2. The molecule has 6 heteroatoms.